The predicted molar refractivity (Wildman–Crippen MR) is 94.6 cm³/mol. The summed E-state index contributed by atoms with van der Waals surface area (Å²) in [6, 6.07) is 0. The molecule has 1 rings (SSSR count). The molecule has 0 radical (unpaired) electrons. The lowest BCUT2D eigenvalue weighted by molar-refractivity contribution is -0.154. The van der Waals surface area contributed by atoms with Crippen molar-refractivity contribution in [2.45, 2.75) is 46.4 Å². The molecule has 0 bridgehead atoms. The molecule has 158 valence electrons. The van der Waals surface area contributed by atoms with Crippen LogP contribution in [-0.2, 0) is 37.2 Å². The highest BCUT2D eigenvalue weighted by atomic mass is 31.2. The van der Waals surface area contributed by atoms with Gasteiger partial charge < -0.3 is 14.6 Å². The number of ether oxygens (including phenoxy) is 2. The zero-order valence-corrected chi connectivity index (χ0v) is 17.5. The first kappa shape index (κ1) is 24.0. The van der Waals surface area contributed by atoms with Crippen molar-refractivity contribution in [3.63, 3.8) is 0 Å². The van der Waals surface area contributed by atoms with Gasteiger partial charge in [-0.2, -0.15) is 0 Å². The maximum Gasteiger partial charge on any atom is 0.475 e. The topological polar surface area (TPSA) is 130 Å². The normalized spacial score (nSPS) is 26.3. The zero-order valence-electron chi connectivity index (χ0n) is 16.6. The minimum atomic E-state index is -4.01. The van der Waals surface area contributed by atoms with Gasteiger partial charge in [-0.25, -0.2) is 4.57 Å². The molecule has 0 aromatic carbocycles. The summed E-state index contributed by atoms with van der Waals surface area (Å²) in [6.45, 7) is 6.57. The van der Waals surface area contributed by atoms with Gasteiger partial charge >= 0.3 is 19.8 Å². The van der Waals surface area contributed by atoms with E-state index in [9.17, 15) is 19.3 Å². The summed E-state index contributed by atoms with van der Waals surface area (Å²) in [5, 5.41) is 13.1. The van der Waals surface area contributed by atoms with Gasteiger partial charge in [0, 0.05) is 12.0 Å². The van der Waals surface area contributed by atoms with Gasteiger partial charge in [0.2, 0.25) is 0 Å². The van der Waals surface area contributed by atoms with E-state index in [2.05, 4.69) is 14.8 Å². The number of hydrogen-bond donors (Lipinski definition) is 2. The van der Waals surface area contributed by atoms with Gasteiger partial charge in [-0.15, -0.1) is 0 Å². The second-order valence-electron chi connectivity index (χ2n) is 7.61. The zero-order chi connectivity index (χ0) is 20.9. The Balaban J connectivity index is 2.74. The van der Waals surface area contributed by atoms with Crippen LogP contribution in [0, 0.1) is 10.8 Å². The molecule has 1 saturated heterocycles. The number of aliphatic hydroxyl groups excluding tert-OH is 1. The molecule has 1 aliphatic heterocycles. The number of carbonyl (C=O) groups is 2. The van der Waals surface area contributed by atoms with Crippen LogP contribution in [0.1, 0.15) is 34.1 Å². The third-order valence-electron chi connectivity index (χ3n) is 4.13. The lowest BCUT2D eigenvalue weighted by atomic mass is 9.86. The fraction of sp³-hybridized carbons (Fsp3) is 0.875. The number of aliphatic hydroxyl groups is 1. The third kappa shape index (κ3) is 6.81. The van der Waals surface area contributed by atoms with E-state index in [0.29, 0.717) is 0 Å². The maximum atomic E-state index is 12.8. The predicted octanol–water partition coefficient (Wildman–Crippen LogP) is 1.22. The molecule has 0 aliphatic carbocycles. The summed E-state index contributed by atoms with van der Waals surface area (Å²) in [5.41, 5.74) is -1.74. The maximum absolute atomic E-state index is 12.8. The molecule has 0 aromatic heterocycles. The molecule has 10 nitrogen and oxygen atoms in total. The van der Waals surface area contributed by atoms with Crippen LogP contribution >= 0.6 is 7.82 Å². The summed E-state index contributed by atoms with van der Waals surface area (Å²) >= 11 is 0. The first-order valence-corrected chi connectivity index (χ1v) is 9.97. The number of hydrogen-bond acceptors (Lipinski definition) is 10. The molecule has 0 amide bonds. The Kier molecular flexibility index (Phi) is 8.40. The van der Waals surface area contributed by atoms with Crippen LogP contribution < -0.4 is 5.32 Å². The average Bonchev–Trinajstić information content (AvgIpc) is 2.61. The van der Waals surface area contributed by atoms with Gasteiger partial charge in [0.05, 0.1) is 39.3 Å². The molecule has 27 heavy (non-hydrogen) atoms. The van der Waals surface area contributed by atoms with Gasteiger partial charge in [0.25, 0.3) is 0 Å². The lowest BCUT2D eigenvalue weighted by Crippen LogP contribution is -2.52. The van der Waals surface area contributed by atoms with Crippen molar-refractivity contribution in [1.29, 1.82) is 0 Å². The second kappa shape index (κ2) is 9.45. The number of phosphoric acid groups is 1. The van der Waals surface area contributed by atoms with Crippen molar-refractivity contribution >= 4 is 19.8 Å². The Morgan fingerprint density at radius 2 is 1.96 bits per heavy atom. The van der Waals surface area contributed by atoms with E-state index in [0.717, 1.165) is 0 Å². The molecule has 0 spiro atoms. The largest absolute Gasteiger partial charge is 0.475 e. The van der Waals surface area contributed by atoms with Crippen molar-refractivity contribution in [3.05, 3.63) is 0 Å². The van der Waals surface area contributed by atoms with E-state index in [1.54, 1.807) is 27.7 Å². The van der Waals surface area contributed by atoms with Crippen molar-refractivity contribution < 1.29 is 42.3 Å². The molecule has 11 heteroatoms. The Morgan fingerprint density at radius 1 is 1.33 bits per heavy atom. The molecule has 1 aliphatic rings. The van der Waals surface area contributed by atoms with E-state index in [1.807, 2.05) is 0 Å². The smallest absolute Gasteiger partial charge is 0.469 e. The minimum Gasteiger partial charge on any atom is -0.469 e. The van der Waals surface area contributed by atoms with Crippen LogP contribution in [0.15, 0.2) is 0 Å². The van der Waals surface area contributed by atoms with Crippen LogP contribution in [0.25, 0.3) is 0 Å². The highest BCUT2D eigenvalue weighted by molar-refractivity contribution is 7.48. The molecule has 0 saturated carbocycles. The van der Waals surface area contributed by atoms with Crippen LogP contribution in [0.4, 0.5) is 0 Å². The SMILES string of the molecule is COC(=O)CCNC(O)[C@@H]1OP(=O)(OCC(C)(C)C(=O)OC)OCC1(C)C. The first-order chi connectivity index (χ1) is 12.4. The fourth-order valence-corrected chi connectivity index (χ4v) is 4.15. The fourth-order valence-electron chi connectivity index (χ4n) is 2.30. The molecule has 1 fully saturated rings. The third-order valence-corrected chi connectivity index (χ3v) is 5.50. The second-order valence-corrected chi connectivity index (χ2v) is 9.23. The van der Waals surface area contributed by atoms with Crippen LogP contribution in [0.3, 0.4) is 0 Å². The summed E-state index contributed by atoms with van der Waals surface area (Å²) in [7, 11) is -1.49. The van der Waals surface area contributed by atoms with Crippen LogP contribution in [0.5, 0.6) is 0 Å². The van der Waals surface area contributed by atoms with E-state index >= 15 is 0 Å². The summed E-state index contributed by atoms with van der Waals surface area (Å²) in [6.07, 6.45) is -2.10. The summed E-state index contributed by atoms with van der Waals surface area (Å²) in [4.78, 5) is 22.9. The standard InChI is InChI=1S/C16H30NO9P/c1-15(2)9-24-27(21,25-10-16(3,4)14(20)23-6)26-12(15)13(19)17-8-7-11(18)22-5/h12-13,17,19H,7-10H2,1-6H3/t12-,13?,27?/m0/s1. The minimum absolute atomic E-state index is 0.00331. The average molecular weight is 411 g/mol. The van der Waals surface area contributed by atoms with Crippen LogP contribution in [0.2, 0.25) is 0 Å². The van der Waals surface area contributed by atoms with Gasteiger partial charge in [0.15, 0.2) is 0 Å². The lowest BCUT2D eigenvalue weighted by Gasteiger charge is -2.43. The van der Waals surface area contributed by atoms with E-state index < -0.39 is 42.9 Å². The number of rotatable bonds is 9. The van der Waals surface area contributed by atoms with Gasteiger partial charge in [0.1, 0.15) is 12.3 Å². The molecular weight excluding hydrogens is 381 g/mol. The monoisotopic (exact) mass is 411 g/mol. The first-order valence-electron chi connectivity index (χ1n) is 8.51. The highest BCUT2D eigenvalue weighted by Gasteiger charge is 2.49. The summed E-state index contributed by atoms with van der Waals surface area (Å²) < 4.78 is 38.0. The van der Waals surface area contributed by atoms with Crippen molar-refractivity contribution in [1.82, 2.24) is 5.32 Å². The number of esters is 2. The number of phosphoric ester groups is 1. The molecular formula is C16H30NO9P. The number of methoxy groups -OCH3 is 2. The van der Waals surface area contributed by atoms with Crippen molar-refractivity contribution in [2.75, 3.05) is 34.0 Å². The Morgan fingerprint density at radius 3 is 2.52 bits per heavy atom. The highest BCUT2D eigenvalue weighted by Crippen LogP contribution is 2.58. The van der Waals surface area contributed by atoms with E-state index in [-0.39, 0.29) is 26.2 Å². The number of nitrogens with one attached hydrogen (secondary N) is 1. The van der Waals surface area contributed by atoms with E-state index in [1.165, 1.54) is 14.2 Å². The van der Waals surface area contributed by atoms with Gasteiger partial charge in [-0.05, 0) is 13.8 Å². The van der Waals surface area contributed by atoms with Crippen molar-refractivity contribution in [3.8, 4) is 0 Å². The molecule has 0 aromatic rings. The van der Waals surface area contributed by atoms with Crippen LogP contribution in [-0.4, -0.2) is 63.4 Å². The molecule has 1 heterocycles. The van der Waals surface area contributed by atoms with Gasteiger partial charge in [-0.1, -0.05) is 13.8 Å². The molecule has 3 atom stereocenters. The van der Waals surface area contributed by atoms with Crippen molar-refractivity contribution in [2.24, 2.45) is 10.8 Å². The molecule has 2 unspecified atom stereocenters. The quantitative estimate of drug-likeness (QED) is 0.324. The Labute approximate surface area is 159 Å². The Hall–Kier alpha value is -1.03. The summed E-state index contributed by atoms with van der Waals surface area (Å²) in [5.74, 6) is -0.964. The number of carbonyl (C=O) groups excluding carboxylic acids is 2. The Bertz CT molecular complexity index is 578. The molecule has 2 N–H and O–H groups in total. The van der Waals surface area contributed by atoms with Gasteiger partial charge in [-0.3, -0.25) is 28.5 Å². The van der Waals surface area contributed by atoms with E-state index in [4.69, 9.17) is 13.6 Å².